The zero-order valence-corrected chi connectivity index (χ0v) is 7.91. The van der Waals surface area contributed by atoms with Crippen LogP contribution in [-0.2, 0) is 0 Å². The topological polar surface area (TPSA) is 72.5 Å². The Hall–Kier alpha value is -1.26. The second-order valence-corrected chi connectivity index (χ2v) is 3.53. The number of rotatable bonds is 1. The van der Waals surface area contributed by atoms with Gasteiger partial charge in [-0.25, -0.2) is 4.79 Å². The van der Waals surface area contributed by atoms with Crippen molar-refractivity contribution in [2.24, 2.45) is 5.73 Å². The minimum absolute atomic E-state index is 0.0699. The van der Waals surface area contributed by atoms with Gasteiger partial charge in [0.1, 0.15) is 17.9 Å². The van der Waals surface area contributed by atoms with E-state index in [0.29, 0.717) is 22.9 Å². The zero-order chi connectivity index (χ0) is 10.3. The summed E-state index contributed by atoms with van der Waals surface area (Å²) < 4.78 is 5.19. The zero-order valence-electron chi connectivity index (χ0n) is 7.16. The van der Waals surface area contributed by atoms with Gasteiger partial charge < -0.3 is 15.6 Å². The molecule has 74 valence electrons. The standard InChI is InChI=1S/C9H8ClNO3/c10-4-1-5-7(11)3-14-8(5)6(2-4)9(12)13/h1-2,7H,3,11H2,(H,12,13)/t7-/m0/s1. The molecule has 5 heteroatoms. The van der Waals surface area contributed by atoms with Crippen LogP contribution in [0.1, 0.15) is 22.0 Å². The molecule has 0 saturated heterocycles. The van der Waals surface area contributed by atoms with Crippen LogP contribution in [0, 0.1) is 0 Å². The van der Waals surface area contributed by atoms with Gasteiger partial charge in [0.15, 0.2) is 0 Å². The fourth-order valence-corrected chi connectivity index (χ4v) is 1.70. The largest absolute Gasteiger partial charge is 0.490 e. The highest BCUT2D eigenvalue weighted by Crippen LogP contribution is 2.36. The van der Waals surface area contributed by atoms with Crippen molar-refractivity contribution in [3.63, 3.8) is 0 Å². The Balaban J connectivity index is 2.63. The molecular weight excluding hydrogens is 206 g/mol. The van der Waals surface area contributed by atoms with Crippen molar-refractivity contribution in [3.8, 4) is 5.75 Å². The molecule has 4 nitrogen and oxygen atoms in total. The van der Waals surface area contributed by atoms with Crippen molar-refractivity contribution in [1.29, 1.82) is 0 Å². The number of carbonyl (C=O) groups is 1. The number of hydrogen-bond donors (Lipinski definition) is 2. The first kappa shape index (κ1) is 9.30. The molecule has 0 amide bonds. The molecule has 1 aromatic rings. The number of aromatic carboxylic acids is 1. The lowest BCUT2D eigenvalue weighted by atomic mass is 10.1. The molecule has 0 fully saturated rings. The fourth-order valence-electron chi connectivity index (χ4n) is 1.47. The maximum Gasteiger partial charge on any atom is 0.339 e. The van der Waals surface area contributed by atoms with Gasteiger partial charge in [-0.3, -0.25) is 0 Å². The van der Waals surface area contributed by atoms with Crippen LogP contribution in [0.15, 0.2) is 12.1 Å². The predicted molar refractivity (Wildman–Crippen MR) is 50.8 cm³/mol. The van der Waals surface area contributed by atoms with E-state index >= 15 is 0 Å². The number of halogens is 1. The molecule has 0 spiro atoms. The van der Waals surface area contributed by atoms with Crippen LogP contribution < -0.4 is 10.5 Å². The summed E-state index contributed by atoms with van der Waals surface area (Å²) in [6.45, 7) is 0.302. The molecule has 0 unspecified atom stereocenters. The van der Waals surface area contributed by atoms with Crippen LogP contribution in [0.3, 0.4) is 0 Å². The van der Waals surface area contributed by atoms with Crippen molar-refractivity contribution in [1.82, 2.24) is 0 Å². The van der Waals surface area contributed by atoms with E-state index < -0.39 is 5.97 Å². The van der Waals surface area contributed by atoms with Gasteiger partial charge in [-0.1, -0.05) is 11.6 Å². The van der Waals surface area contributed by atoms with Gasteiger partial charge in [-0.05, 0) is 12.1 Å². The highest BCUT2D eigenvalue weighted by Gasteiger charge is 2.26. The van der Waals surface area contributed by atoms with Crippen molar-refractivity contribution in [3.05, 3.63) is 28.3 Å². The van der Waals surface area contributed by atoms with E-state index in [2.05, 4.69) is 0 Å². The molecule has 1 atom stereocenters. The van der Waals surface area contributed by atoms with E-state index in [9.17, 15) is 4.79 Å². The number of fused-ring (bicyclic) bond motifs is 1. The van der Waals surface area contributed by atoms with Gasteiger partial charge in [0.2, 0.25) is 0 Å². The molecule has 2 rings (SSSR count). The van der Waals surface area contributed by atoms with Gasteiger partial charge in [0, 0.05) is 10.6 Å². The first-order valence-electron chi connectivity index (χ1n) is 4.04. The molecule has 3 N–H and O–H groups in total. The second kappa shape index (κ2) is 3.15. The van der Waals surface area contributed by atoms with Crippen LogP contribution >= 0.6 is 11.6 Å². The summed E-state index contributed by atoms with van der Waals surface area (Å²) in [4.78, 5) is 10.8. The third-order valence-electron chi connectivity index (χ3n) is 2.12. The van der Waals surface area contributed by atoms with Crippen molar-refractivity contribution < 1.29 is 14.6 Å². The SMILES string of the molecule is N[C@H]1COc2c(C(=O)O)cc(Cl)cc21. The molecule has 0 radical (unpaired) electrons. The van der Waals surface area contributed by atoms with Crippen LogP contribution in [-0.4, -0.2) is 17.7 Å². The first-order valence-corrected chi connectivity index (χ1v) is 4.42. The summed E-state index contributed by atoms with van der Waals surface area (Å²) in [7, 11) is 0. The quantitative estimate of drug-likeness (QED) is 0.740. The highest BCUT2D eigenvalue weighted by molar-refractivity contribution is 6.31. The average Bonchev–Trinajstić information content (AvgIpc) is 2.47. The number of benzene rings is 1. The Morgan fingerprint density at radius 1 is 1.64 bits per heavy atom. The van der Waals surface area contributed by atoms with E-state index in [1.807, 2.05) is 0 Å². The van der Waals surface area contributed by atoms with E-state index in [0.717, 1.165) is 0 Å². The third-order valence-corrected chi connectivity index (χ3v) is 2.34. The van der Waals surface area contributed by atoms with Gasteiger partial charge >= 0.3 is 5.97 Å². The maximum atomic E-state index is 10.8. The predicted octanol–water partition coefficient (Wildman–Crippen LogP) is 1.43. The summed E-state index contributed by atoms with van der Waals surface area (Å²) in [6.07, 6.45) is 0. The Kier molecular flexibility index (Phi) is 2.09. The molecule has 1 heterocycles. The van der Waals surface area contributed by atoms with E-state index in [1.54, 1.807) is 6.07 Å². The van der Waals surface area contributed by atoms with Crippen LogP contribution in [0.4, 0.5) is 0 Å². The maximum absolute atomic E-state index is 10.8. The summed E-state index contributed by atoms with van der Waals surface area (Å²) in [6, 6.07) is 2.71. The minimum atomic E-state index is -1.06. The average molecular weight is 214 g/mol. The molecule has 0 aromatic heterocycles. The molecule has 1 aromatic carbocycles. The number of carboxylic acids is 1. The normalized spacial score (nSPS) is 18.9. The lowest BCUT2D eigenvalue weighted by Crippen LogP contribution is -2.10. The van der Waals surface area contributed by atoms with Crippen LogP contribution in [0.25, 0.3) is 0 Å². The van der Waals surface area contributed by atoms with Crippen LogP contribution in [0.2, 0.25) is 5.02 Å². The number of hydrogen-bond acceptors (Lipinski definition) is 3. The molecule has 0 saturated carbocycles. The van der Waals surface area contributed by atoms with E-state index in [4.69, 9.17) is 27.2 Å². The monoisotopic (exact) mass is 213 g/mol. The summed E-state index contributed by atoms with van der Waals surface area (Å²) >= 11 is 5.76. The highest BCUT2D eigenvalue weighted by atomic mass is 35.5. The summed E-state index contributed by atoms with van der Waals surface area (Å²) in [5.41, 5.74) is 6.44. The van der Waals surface area contributed by atoms with Crippen molar-refractivity contribution in [2.45, 2.75) is 6.04 Å². The number of nitrogens with two attached hydrogens (primary N) is 1. The van der Waals surface area contributed by atoms with Gasteiger partial charge in [-0.2, -0.15) is 0 Å². The summed E-state index contributed by atoms with van der Waals surface area (Å²) in [5, 5.41) is 9.24. The van der Waals surface area contributed by atoms with Gasteiger partial charge in [0.25, 0.3) is 0 Å². The molecule has 1 aliphatic heterocycles. The minimum Gasteiger partial charge on any atom is -0.490 e. The van der Waals surface area contributed by atoms with E-state index in [1.165, 1.54) is 6.07 Å². The lowest BCUT2D eigenvalue weighted by Gasteiger charge is -2.04. The first-order chi connectivity index (χ1) is 6.59. The van der Waals surface area contributed by atoms with Crippen molar-refractivity contribution in [2.75, 3.05) is 6.61 Å². The Morgan fingerprint density at radius 3 is 3.00 bits per heavy atom. The van der Waals surface area contributed by atoms with Gasteiger partial charge in [-0.15, -0.1) is 0 Å². The van der Waals surface area contributed by atoms with Crippen LogP contribution in [0.5, 0.6) is 5.75 Å². The molecular formula is C9H8ClNO3. The Bertz CT molecular complexity index is 405. The lowest BCUT2D eigenvalue weighted by molar-refractivity contribution is 0.0693. The Morgan fingerprint density at radius 2 is 2.36 bits per heavy atom. The molecule has 1 aliphatic rings. The number of carboxylic acid groups (broad SMARTS) is 1. The van der Waals surface area contributed by atoms with E-state index in [-0.39, 0.29) is 11.6 Å². The molecule has 14 heavy (non-hydrogen) atoms. The molecule has 0 bridgehead atoms. The second-order valence-electron chi connectivity index (χ2n) is 3.09. The third kappa shape index (κ3) is 1.32. The van der Waals surface area contributed by atoms with Gasteiger partial charge in [0.05, 0.1) is 6.04 Å². The fraction of sp³-hybridized carbons (Fsp3) is 0.222. The summed E-state index contributed by atoms with van der Waals surface area (Å²) in [5.74, 6) is -0.716. The molecule has 0 aliphatic carbocycles. The smallest absolute Gasteiger partial charge is 0.339 e. The number of ether oxygens (including phenoxy) is 1. The Labute approximate surface area is 85.2 Å². The van der Waals surface area contributed by atoms with Crippen molar-refractivity contribution >= 4 is 17.6 Å².